The van der Waals surface area contributed by atoms with Gasteiger partial charge in [0.1, 0.15) is 0 Å². The van der Waals surface area contributed by atoms with Crippen molar-refractivity contribution in [2.75, 3.05) is 0 Å². The zero-order valence-corrected chi connectivity index (χ0v) is 10.9. The molecule has 0 atom stereocenters. The maximum absolute atomic E-state index is 11.7. The summed E-state index contributed by atoms with van der Waals surface area (Å²) in [5.74, 6) is 0.0871. The lowest BCUT2D eigenvalue weighted by Gasteiger charge is -2.36. The number of β-lactam (4-membered cyclic amide) rings is 1. The van der Waals surface area contributed by atoms with Gasteiger partial charge in [0.2, 0.25) is 5.91 Å². The average Bonchev–Trinajstić information content (AvgIpc) is 2.35. The smallest absolute Gasteiger partial charge is 0.237 e. The molecule has 0 spiro atoms. The van der Waals surface area contributed by atoms with Crippen molar-refractivity contribution < 1.29 is 4.79 Å². The molecule has 0 bridgehead atoms. The van der Waals surface area contributed by atoms with Crippen LogP contribution in [0.1, 0.15) is 19.8 Å². The van der Waals surface area contributed by atoms with Gasteiger partial charge in [0.15, 0.2) is 0 Å². The highest BCUT2D eigenvalue weighted by molar-refractivity contribution is 5.91. The first-order chi connectivity index (χ1) is 8.69. The van der Waals surface area contributed by atoms with Gasteiger partial charge < -0.3 is 0 Å². The van der Waals surface area contributed by atoms with E-state index in [2.05, 4.69) is 19.7 Å². The SMILES string of the molecule is C=C/C=C(\C=C)N1C(=O)C/C1=C(\C=C/C)CC=C. The van der Waals surface area contributed by atoms with E-state index in [0.717, 1.165) is 23.4 Å². The lowest BCUT2D eigenvalue weighted by molar-refractivity contribution is -0.132. The van der Waals surface area contributed by atoms with Crippen LogP contribution in [-0.4, -0.2) is 10.8 Å². The number of hydrogen-bond acceptors (Lipinski definition) is 1. The summed E-state index contributed by atoms with van der Waals surface area (Å²) in [7, 11) is 0. The third-order valence-electron chi connectivity index (χ3n) is 2.70. The third-order valence-corrected chi connectivity index (χ3v) is 2.70. The highest BCUT2D eigenvalue weighted by atomic mass is 16.2. The van der Waals surface area contributed by atoms with Gasteiger partial charge in [-0.3, -0.25) is 9.69 Å². The van der Waals surface area contributed by atoms with Gasteiger partial charge in [-0.1, -0.05) is 37.5 Å². The number of hydrogen-bond donors (Lipinski definition) is 0. The van der Waals surface area contributed by atoms with E-state index in [1.165, 1.54) is 0 Å². The van der Waals surface area contributed by atoms with Crippen LogP contribution < -0.4 is 0 Å². The van der Waals surface area contributed by atoms with Crippen molar-refractivity contribution >= 4 is 5.91 Å². The van der Waals surface area contributed by atoms with Crippen molar-refractivity contribution in [3.8, 4) is 0 Å². The molecule has 2 nitrogen and oxygen atoms in total. The van der Waals surface area contributed by atoms with Crippen molar-refractivity contribution in [1.82, 2.24) is 4.90 Å². The molecule has 2 heteroatoms. The molecule has 0 aliphatic carbocycles. The standard InChI is InChI=1S/C16H19NO/c1-5-9-13(10-6-2)15-12-16(18)17(15)14(8-4)11-7-3/h5-8,10-11H,1,3-4,9,12H2,2H3/b10-6-,14-11+,15-13+. The summed E-state index contributed by atoms with van der Waals surface area (Å²) in [5, 5.41) is 0. The number of likely N-dealkylation sites (tertiary alicyclic amines) is 1. The molecule has 0 aromatic heterocycles. The van der Waals surface area contributed by atoms with Gasteiger partial charge in [-0.05, 0) is 31.1 Å². The molecule has 0 saturated carbocycles. The van der Waals surface area contributed by atoms with Crippen LogP contribution in [0.4, 0.5) is 0 Å². The fraction of sp³-hybridized carbons (Fsp3) is 0.188. The second-order valence-electron chi connectivity index (χ2n) is 3.90. The van der Waals surface area contributed by atoms with E-state index in [9.17, 15) is 4.79 Å². The van der Waals surface area contributed by atoms with E-state index in [1.807, 2.05) is 25.2 Å². The van der Waals surface area contributed by atoms with Crippen molar-refractivity contribution in [1.29, 1.82) is 0 Å². The molecular formula is C16H19NO. The summed E-state index contributed by atoms with van der Waals surface area (Å²) in [6.07, 6.45) is 12.2. The third kappa shape index (κ3) is 2.77. The fourth-order valence-electron chi connectivity index (χ4n) is 1.91. The Bertz CT molecular complexity index is 463. The molecule has 1 saturated heterocycles. The van der Waals surface area contributed by atoms with Gasteiger partial charge in [0.05, 0.1) is 6.42 Å². The number of nitrogens with zero attached hydrogens (tertiary/aromatic N) is 1. The summed E-state index contributed by atoms with van der Waals surface area (Å²) in [6, 6.07) is 0. The molecule has 1 fully saturated rings. The van der Waals surface area contributed by atoms with E-state index >= 15 is 0 Å². The Kier molecular flexibility index (Phi) is 5.12. The highest BCUT2D eigenvalue weighted by Crippen LogP contribution is 2.33. The average molecular weight is 241 g/mol. The van der Waals surface area contributed by atoms with E-state index in [1.54, 1.807) is 23.1 Å². The number of carbonyl (C=O) groups excluding carboxylic acids is 1. The molecular weight excluding hydrogens is 222 g/mol. The van der Waals surface area contributed by atoms with Crippen LogP contribution in [0.2, 0.25) is 0 Å². The van der Waals surface area contributed by atoms with Gasteiger partial charge in [-0.25, -0.2) is 0 Å². The van der Waals surface area contributed by atoms with Crippen molar-refractivity contribution in [3.05, 3.63) is 73.2 Å². The second kappa shape index (κ2) is 6.60. The van der Waals surface area contributed by atoms with Gasteiger partial charge in [0.25, 0.3) is 0 Å². The van der Waals surface area contributed by atoms with Crippen LogP contribution in [-0.2, 0) is 4.79 Å². The Morgan fingerprint density at radius 2 is 2.11 bits per heavy atom. The molecule has 1 aliphatic heterocycles. The zero-order valence-electron chi connectivity index (χ0n) is 10.9. The fourth-order valence-corrected chi connectivity index (χ4v) is 1.91. The maximum atomic E-state index is 11.7. The summed E-state index contributed by atoms with van der Waals surface area (Å²) in [5.41, 5.74) is 2.90. The topological polar surface area (TPSA) is 20.3 Å². The summed E-state index contributed by atoms with van der Waals surface area (Å²) < 4.78 is 0. The first-order valence-electron chi connectivity index (χ1n) is 5.93. The zero-order chi connectivity index (χ0) is 13.5. The van der Waals surface area contributed by atoms with Crippen molar-refractivity contribution in [2.24, 2.45) is 0 Å². The van der Waals surface area contributed by atoms with Crippen LogP contribution in [0.5, 0.6) is 0 Å². The summed E-state index contributed by atoms with van der Waals surface area (Å²) in [4.78, 5) is 13.4. The molecule has 0 unspecified atom stereocenters. The van der Waals surface area contributed by atoms with Gasteiger partial charge in [0, 0.05) is 11.4 Å². The quantitative estimate of drug-likeness (QED) is 0.392. The largest absolute Gasteiger partial charge is 0.284 e. The van der Waals surface area contributed by atoms with E-state index in [-0.39, 0.29) is 5.91 Å². The summed E-state index contributed by atoms with van der Waals surface area (Å²) >= 11 is 0. The predicted octanol–water partition coefficient (Wildman–Crippen LogP) is 3.88. The van der Waals surface area contributed by atoms with E-state index < -0.39 is 0 Å². The Labute approximate surface area is 109 Å². The molecule has 18 heavy (non-hydrogen) atoms. The summed E-state index contributed by atoms with van der Waals surface area (Å²) in [6.45, 7) is 13.1. The molecule has 1 heterocycles. The van der Waals surface area contributed by atoms with Crippen molar-refractivity contribution in [2.45, 2.75) is 19.8 Å². The number of amides is 1. The van der Waals surface area contributed by atoms with Gasteiger partial charge in [-0.15, -0.1) is 6.58 Å². The normalized spacial score (nSPS) is 18.6. The monoisotopic (exact) mass is 241 g/mol. The van der Waals surface area contributed by atoms with E-state index in [0.29, 0.717) is 6.42 Å². The van der Waals surface area contributed by atoms with E-state index in [4.69, 9.17) is 0 Å². The Morgan fingerprint density at radius 1 is 1.39 bits per heavy atom. The molecule has 0 aromatic rings. The number of carbonyl (C=O) groups is 1. The molecule has 0 radical (unpaired) electrons. The van der Waals surface area contributed by atoms with Gasteiger partial charge >= 0.3 is 0 Å². The molecule has 1 aliphatic rings. The minimum absolute atomic E-state index is 0.0871. The van der Waals surface area contributed by atoms with Gasteiger partial charge in [-0.2, -0.15) is 0 Å². The Balaban J connectivity index is 3.16. The second-order valence-corrected chi connectivity index (χ2v) is 3.90. The molecule has 0 N–H and O–H groups in total. The molecule has 1 amide bonds. The lowest BCUT2D eigenvalue weighted by atomic mass is 9.98. The first kappa shape index (κ1) is 14.0. The first-order valence-corrected chi connectivity index (χ1v) is 5.93. The highest BCUT2D eigenvalue weighted by Gasteiger charge is 2.33. The van der Waals surface area contributed by atoms with Crippen molar-refractivity contribution in [3.63, 3.8) is 0 Å². The van der Waals surface area contributed by atoms with Crippen LogP contribution in [0.15, 0.2) is 73.2 Å². The van der Waals surface area contributed by atoms with Crippen LogP contribution >= 0.6 is 0 Å². The van der Waals surface area contributed by atoms with Crippen LogP contribution in [0.3, 0.4) is 0 Å². The molecule has 94 valence electrons. The Morgan fingerprint density at radius 3 is 2.56 bits per heavy atom. The lowest BCUT2D eigenvalue weighted by Crippen LogP contribution is -2.40. The van der Waals surface area contributed by atoms with Crippen LogP contribution in [0, 0.1) is 0 Å². The molecule has 1 rings (SSSR count). The number of rotatable bonds is 6. The molecule has 0 aromatic carbocycles. The Hall–Kier alpha value is -2.09. The number of allylic oxidation sites excluding steroid dienone is 7. The minimum atomic E-state index is 0.0871. The predicted molar refractivity (Wildman–Crippen MR) is 76.6 cm³/mol. The minimum Gasteiger partial charge on any atom is -0.284 e. The maximum Gasteiger partial charge on any atom is 0.237 e. The van der Waals surface area contributed by atoms with Crippen LogP contribution in [0.25, 0.3) is 0 Å².